The molecule has 21 heavy (non-hydrogen) atoms. The van der Waals surface area contributed by atoms with Crippen LogP contribution in [0.25, 0.3) is 0 Å². The first kappa shape index (κ1) is 16.5. The van der Waals surface area contributed by atoms with E-state index in [1.54, 1.807) is 11.3 Å². The summed E-state index contributed by atoms with van der Waals surface area (Å²) in [7, 11) is 4.27. The molecule has 1 aromatic heterocycles. The lowest BCUT2D eigenvalue weighted by molar-refractivity contribution is 0.121. The van der Waals surface area contributed by atoms with E-state index in [1.807, 2.05) is 0 Å². The maximum Gasteiger partial charge on any atom is 0.0772 e. The van der Waals surface area contributed by atoms with Crippen LogP contribution in [-0.2, 0) is 6.54 Å². The molecular formula is C16H26N4S. The summed E-state index contributed by atoms with van der Waals surface area (Å²) in [4.78, 5) is 9.88. The van der Waals surface area contributed by atoms with Crippen LogP contribution < -0.4 is 5.73 Å². The lowest BCUT2D eigenvalue weighted by Crippen LogP contribution is -2.47. The van der Waals surface area contributed by atoms with Crippen LogP contribution in [0.4, 0.5) is 0 Å². The molecule has 1 aliphatic heterocycles. The van der Waals surface area contributed by atoms with Crippen molar-refractivity contribution in [3.8, 4) is 11.8 Å². The molecule has 2 N–H and O–H groups in total. The molecule has 0 amide bonds. The molecule has 116 valence electrons. The Morgan fingerprint density at radius 3 is 2.57 bits per heavy atom. The van der Waals surface area contributed by atoms with E-state index in [9.17, 15) is 0 Å². The van der Waals surface area contributed by atoms with Crippen molar-refractivity contribution in [2.24, 2.45) is 5.73 Å². The average molecular weight is 306 g/mol. The van der Waals surface area contributed by atoms with E-state index in [0.717, 1.165) is 31.1 Å². The third-order valence-electron chi connectivity index (χ3n) is 3.68. The fourth-order valence-corrected chi connectivity index (χ4v) is 3.33. The Balaban J connectivity index is 1.74. The monoisotopic (exact) mass is 306 g/mol. The van der Waals surface area contributed by atoms with Gasteiger partial charge in [0.1, 0.15) is 0 Å². The van der Waals surface area contributed by atoms with Crippen LogP contribution in [-0.4, -0.2) is 74.6 Å². The van der Waals surface area contributed by atoms with Crippen LogP contribution in [0, 0.1) is 11.8 Å². The van der Waals surface area contributed by atoms with Gasteiger partial charge in [0.15, 0.2) is 0 Å². The molecule has 2 heterocycles. The molecule has 0 saturated carbocycles. The molecule has 0 aliphatic carbocycles. The van der Waals surface area contributed by atoms with Gasteiger partial charge in [-0.05, 0) is 26.2 Å². The topological polar surface area (TPSA) is 35.7 Å². The number of likely N-dealkylation sites (N-methyl/N-ethyl adjacent to an activating group) is 1. The Kier molecular flexibility index (Phi) is 6.68. The lowest BCUT2D eigenvalue weighted by atomic mass is 10.3. The molecule has 1 aliphatic rings. The van der Waals surface area contributed by atoms with Crippen LogP contribution in [0.1, 0.15) is 9.75 Å². The molecule has 1 fully saturated rings. The largest absolute Gasteiger partial charge is 0.320 e. The van der Waals surface area contributed by atoms with Crippen LogP contribution >= 0.6 is 11.3 Å². The third-order valence-corrected chi connectivity index (χ3v) is 4.67. The summed E-state index contributed by atoms with van der Waals surface area (Å²) in [6, 6.07) is 4.31. The van der Waals surface area contributed by atoms with Crippen molar-refractivity contribution in [2.45, 2.75) is 6.54 Å². The quantitative estimate of drug-likeness (QED) is 0.814. The van der Waals surface area contributed by atoms with Gasteiger partial charge in [0, 0.05) is 50.7 Å². The predicted molar refractivity (Wildman–Crippen MR) is 90.5 cm³/mol. The van der Waals surface area contributed by atoms with Crippen molar-refractivity contribution in [1.29, 1.82) is 0 Å². The molecule has 4 nitrogen and oxygen atoms in total. The van der Waals surface area contributed by atoms with Crippen molar-refractivity contribution < 1.29 is 0 Å². The van der Waals surface area contributed by atoms with E-state index in [0.29, 0.717) is 6.54 Å². The SMILES string of the molecule is CN(C)CCN1CCN(Cc2ccc(C#CCN)s2)CC1. The van der Waals surface area contributed by atoms with Crippen LogP contribution in [0.2, 0.25) is 0 Å². The third kappa shape index (κ3) is 5.77. The van der Waals surface area contributed by atoms with E-state index < -0.39 is 0 Å². The molecule has 0 bridgehead atoms. The zero-order valence-electron chi connectivity index (χ0n) is 13.1. The van der Waals surface area contributed by atoms with Gasteiger partial charge >= 0.3 is 0 Å². The van der Waals surface area contributed by atoms with E-state index in [4.69, 9.17) is 5.73 Å². The highest BCUT2D eigenvalue weighted by molar-refractivity contribution is 7.12. The second-order valence-electron chi connectivity index (χ2n) is 5.69. The standard InChI is InChI=1S/C16H26N4S/c1-18(2)8-9-19-10-12-20(13-11-19)14-16-6-5-15(21-16)4-3-7-17/h5-6H,7-14,17H2,1-2H3. The van der Waals surface area contributed by atoms with Crippen molar-refractivity contribution in [2.75, 3.05) is 59.9 Å². The number of nitrogens with zero attached hydrogens (tertiary/aromatic N) is 3. The Morgan fingerprint density at radius 2 is 1.90 bits per heavy atom. The fourth-order valence-electron chi connectivity index (χ4n) is 2.40. The minimum Gasteiger partial charge on any atom is -0.320 e. The van der Waals surface area contributed by atoms with Crippen molar-refractivity contribution in [3.63, 3.8) is 0 Å². The van der Waals surface area contributed by atoms with E-state index in [2.05, 4.69) is 52.8 Å². The molecule has 0 atom stereocenters. The number of thiophene rings is 1. The number of rotatable bonds is 5. The van der Waals surface area contributed by atoms with Gasteiger partial charge in [0.2, 0.25) is 0 Å². The van der Waals surface area contributed by atoms with Crippen molar-refractivity contribution in [1.82, 2.24) is 14.7 Å². The summed E-state index contributed by atoms with van der Waals surface area (Å²) in [5.74, 6) is 6.02. The summed E-state index contributed by atoms with van der Waals surface area (Å²) >= 11 is 1.79. The second kappa shape index (κ2) is 8.52. The van der Waals surface area contributed by atoms with Gasteiger partial charge in [-0.2, -0.15) is 0 Å². The summed E-state index contributed by atoms with van der Waals surface area (Å²) in [5.41, 5.74) is 5.40. The van der Waals surface area contributed by atoms with Crippen LogP contribution in [0.3, 0.4) is 0 Å². The normalized spacial score (nSPS) is 17.0. The van der Waals surface area contributed by atoms with Crippen LogP contribution in [0.5, 0.6) is 0 Å². The average Bonchev–Trinajstić information content (AvgIpc) is 2.92. The minimum atomic E-state index is 0.433. The number of piperazine rings is 1. The van der Waals surface area contributed by atoms with Gasteiger partial charge in [-0.3, -0.25) is 9.80 Å². The molecule has 0 spiro atoms. The highest BCUT2D eigenvalue weighted by Crippen LogP contribution is 2.18. The van der Waals surface area contributed by atoms with Gasteiger partial charge in [-0.1, -0.05) is 11.8 Å². The maximum absolute atomic E-state index is 5.40. The van der Waals surface area contributed by atoms with Crippen molar-refractivity contribution in [3.05, 3.63) is 21.9 Å². The van der Waals surface area contributed by atoms with Gasteiger partial charge in [-0.25, -0.2) is 0 Å². The van der Waals surface area contributed by atoms with E-state index >= 15 is 0 Å². The maximum atomic E-state index is 5.40. The summed E-state index contributed by atoms with van der Waals surface area (Å²) in [6.45, 7) is 8.49. The minimum absolute atomic E-state index is 0.433. The number of hydrogen-bond acceptors (Lipinski definition) is 5. The fraction of sp³-hybridized carbons (Fsp3) is 0.625. The van der Waals surface area contributed by atoms with E-state index in [-0.39, 0.29) is 0 Å². The smallest absolute Gasteiger partial charge is 0.0772 e. The molecule has 1 aromatic rings. The molecule has 0 aromatic carbocycles. The first-order valence-corrected chi connectivity index (χ1v) is 8.36. The van der Waals surface area contributed by atoms with Gasteiger partial charge in [0.25, 0.3) is 0 Å². The van der Waals surface area contributed by atoms with Gasteiger partial charge < -0.3 is 10.6 Å². The van der Waals surface area contributed by atoms with E-state index in [1.165, 1.54) is 24.5 Å². The summed E-state index contributed by atoms with van der Waals surface area (Å²) < 4.78 is 0. The second-order valence-corrected chi connectivity index (χ2v) is 6.86. The molecule has 5 heteroatoms. The van der Waals surface area contributed by atoms with Crippen LogP contribution in [0.15, 0.2) is 12.1 Å². The predicted octanol–water partition coefficient (Wildman–Crippen LogP) is 0.738. The Hall–Kier alpha value is -0.900. The lowest BCUT2D eigenvalue weighted by Gasteiger charge is -2.34. The highest BCUT2D eigenvalue weighted by Gasteiger charge is 2.17. The molecule has 2 rings (SSSR count). The van der Waals surface area contributed by atoms with Gasteiger partial charge in [0.05, 0.1) is 11.4 Å². The molecule has 0 radical (unpaired) electrons. The number of hydrogen-bond donors (Lipinski definition) is 1. The zero-order valence-corrected chi connectivity index (χ0v) is 14.0. The first-order chi connectivity index (χ1) is 10.2. The number of nitrogens with two attached hydrogens (primary N) is 1. The summed E-state index contributed by atoms with van der Waals surface area (Å²) in [6.07, 6.45) is 0. The van der Waals surface area contributed by atoms with Gasteiger partial charge in [-0.15, -0.1) is 11.3 Å². The Labute approximate surface area is 132 Å². The molecule has 0 unspecified atom stereocenters. The molecule has 1 saturated heterocycles. The highest BCUT2D eigenvalue weighted by atomic mass is 32.1. The Morgan fingerprint density at radius 1 is 1.19 bits per heavy atom. The van der Waals surface area contributed by atoms with Crippen molar-refractivity contribution >= 4 is 11.3 Å². The molecular weight excluding hydrogens is 280 g/mol. The Bertz CT molecular complexity index is 478. The summed E-state index contributed by atoms with van der Waals surface area (Å²) in [5, 5.41) is 0. The zero-order chi connectivity index (χ0) is 15.1. The first-order valence-electron chi connectivity index (χ1n) is 7.54.